The first-order chi connectivity index (χ1) is 14.2. The monoisotopic (exact) mass is 412 g/mol. The Labute approximate surface area is 180 Å². The molecule has 2 aromatic rings. The lowest BCUT2D eigenvalue weighted by molar-refractivity contribution is -0.133. The molecule has 0 radical (unpaired) electrons. The summed E-state index contributed by atoms with van der Waals surface area (Å²) in [6.45, 7) is 12.0. The molecule has 0 saturated heterocycles. The van der Waals surface area contributed by atoms with E-state index in [1.807, 2.05) is 79.9 Å². The molecule has 6 heteroatoms. The first-order valence-corrected chi connectivity index (χ1v) is 10.7. The van der Waals surface area contributed by atoms with E-state index in [-0.39, 0.29) is 24.4 Å². The predicted molar refractivity (Wildman–Crippen MR) is 122 cm³/mol. The summed E-state index contributed by atoms with van der Waals surface area (Å²) in [6, 6.07) is 11.4. The van der Waals surface area contributed by atoms with Gasteiger partial charge in [-0.25, -0.2) is 4.79 Å². The largest absolute Gasteiger partial charge is 0.353 e. The van der Waals surface area contributed by atoms with Gasteiger partial charge in [-0.15, -0.1) is 0 Å². The maximum Gasteiger partial charge on any atom is 0.322 e. The van der Waals surface area contributed by atoms with Crippen LogP contribution in [0, 0.1) is 18.8 Å². The van der Waals surface area contributed by atoms with Crippen molar-refractivity contribution < 1.29 is 9.59 Å². The number of aromatic nitrogens is 1. The van der Waals surface area contributed by atoms with Crippen LogP contribution < -0.4 is 5.32 Å². The number of nitrogens with one attached hydrogen (secondary N) is 1. The Morgan fingerprint density at radius 1 is 1.00 bits per heavy atom. The van der Waals surface area contributed by atoms with Gasteiger partial charge in [0.05, 0.1) is 6.54 Å². The number of urea groups is 1. The Morgan fingerprint density at radius 2 is 1.67 bits per heavy atom. The standard InChI is InChI=1S/C24H36N4O2/c1-18(2)14-27(16-22-11-8-12-26(22)6)23(29)17-28(15-19(3)4)24(30)25-21-10-7-9-20(5)13-21/h7-13,18-19H,14-17H2,1-6H3,(H,25,30). The summed E-state index contributed by atoms with van der Waals surface area (Å²) in [4.78, 5) is 29.6. The van der Waals surface area contributed by atoms with Crippen LogP contribution in [-0.4, -0.2) is 45.9 Å². The first kappa shape index (κ1) is 23.5. The number of carbonyl (C=O) groups is 2. The fraction of sp³-hybridized carbons (Fsp3) is 0.500. The van der Waals surface area contributed by atoms with Crippen molar-refractivity contribution in [2.75, 3.05) is 25.0 Å². The maximum absolute atomic E-state index is 13.2. The number of anilines is 1. The van der Waals surface area contributed by atoms with Gasteiger partial charge in [0.25, 0.3) is 0 Å². The molecule has 0 aliphatic carbocycles. The highest BCUT2D eigenvalue weighted by molar-refractivity contribution is 5.92. The highest BCUT2D eigenvalue weighted by Gasteiger charge is 2.23. The number of hydrogen-bond donors (Lipinski definition) is 1. The molecule has 0 spiro atoms. The summed E-state index contributed by atoms with van der Waals surface area (Å²) in [6.07, 6.45) is 1.98. The summed E-state index contributed by atoms with van der Waals surface area (Å²) in [7, 11) is 1.98. The van der Waals surface area contributed by atoms with Crippen molar-refractivity contribution in [3.05, 3.63) is 53.9 Å². The number of hydrogen-bond acceptors (Lipinski definition) is 2. The van der Waals surface area contributed by atoms with Crippen LogP contribution in [0.3, 0.4) is 0 Å². The molecule has 164 valence electrons. The fourth-order valence-electron chi connectivity index (χ4n) is 3.40. The molecule has 3 amide bonds. The zero-order valence-electron chi connectivity index (χ0n) is 19.2. The van der Waals surface area contributed by atoms with Crippen LogP contribution in [0.5, 0.6) is 0 Å². The third-order valence-electron chi connectivity index (χ3n) is 4.81. The van der Waals surface area contributed by atoms with Gasteiger partial charge in [-0.1, -0.05) is 39.8 Å². The molecule has 0 aliphatic heterocycles. The fourth-order valence-corrected chi connectivity index (χ4v) is 3.40. The van der Waals surface area contributed by atoms with Gasteiger partial charge in [-0.05, 0) is 48.6 Å². The molecule has 0 unspecified atom stereocenters. The zero-order chi connectivity index (χ0) is 22.3. The van der Waals surface area contributed by atoms with Gasteiger partial charge in [0.15, 0.2) is 0 Å². The highest BCUT2D eigenvalue weighted by atomic mass is 16.2. The predicted octanol–water partition coefficient (Wildman–Crippen LogP) is 4.51. The summed E-state index contributed by atoms with van der Waals surface area (Å²) < 4.78 is 2.02. The van der Waals surface area contributed by atoms with Gasteiger partial charge in [-0.3, -0.25) is 4.79 Å². The second-order valence-electron chi connectivity index (χ2n) is 8.85. The van der Waals surface area contributed by atoms with E-state index in [2.05, 4.69) is 19.2 Å². The minimum Gasteiger partial charge on any atom is -0.353 e. The van der Waals surface area contributed by atoms with Crippen LogP contribution in [0.1, 0.15) is 39.0 Å². The molecule has 1 aromatic heterocycles. The Hall–Kier alpha value is -2.76. The van der Waals surface area contributed by atoms with E-state index in [1.54, 1.807) is 4.90 Å². The Kier molecular flexibility index (Phi) is 8.51. The normalized spacial score (nSPS) is 11.1. The van der Waals surface area contributed by atoms with E-state index in [0.717, 1.165) is 16.9 Å². The van der Waals surface area contributed by atoms with E-state index in [9.17, 15) is 9.59 Å². The van der Waals surface area contributed by atoms with Crippen LogP contribution in [0.2, 0.25) is 0 Å². The Bertz CT molecular complexity index is 841. The molecular weight excluding hydrogens is 376 g/mol. The SMILES string of the molecule is Cc1cccc(NC(=O)N(CC(=O)N(Cc2cccn2C)CC(C)C)CC(C)C)c1. The maximum atomic E-state index is 13.2. The van der Waals surface area contributed by atoms with Crippen molar-refractivity contribution in [3.8, 4) is 0 Å². The van der Waals surface area contributed by atoms with E-state index < -0.39 is 0 Å². The molecule has 0 bridgehead atoms. The lowest BCUT2D eigenvalue weighted by atomic mass is 10.2. The van der Waals surface area contributed by atoms with Crippen LogP contribution >= 0.6 is 0 Å². The van der Waals surface area contributed by atoms with E-state index in [1.165, 1.54) is 0 Å². The molecule has 2 rings (SSSR count). The van der Waals surface area contributed by atoms with Crippen LogP contribution in [0.4, 0.5) is 10.5 Å². The van der Waals surface area contributed by atoms with E-state index in [4.69, 9.17) is 0 Å². The van der Waals surface area contributed by atoms with Gasteiger partial charge in [0.1, 0.15) is 6.54 Å². The number of amides is 3. The van der Waals surface area contributed by atoms with E-state index >= 15 is 0 Å². The molecule has 1 heterocycles. The number of rotatable bonds is 9. The van der Waals surface area contributed by atoms with Crippen molar-refractivity contribution in [2.24, 2.45) is 18.9 Å². The van der Waals surface area contributed by atoms with Gasteiger partial charge >= 0.3 is 6.03 Å². The summed E-state index contributed by atoms with van der Waals surface area (Å²) in [5.41, 5.74) is 2.89. The molecule has 1 aromatic carbocycles. The average Bonchev–Trinajstić information content (AvgIpc) is 3.04. The third kappa shape index (κ3) is 7.25. The van der Waals surface area contributed by atoms with Crippen LogP contribution in [-0.2, 0) is 18.4 Å². The smallest absolute Gasteiger partial charge is 0.322 e. The summed E-state index contributed by atoms with van der Waals surface area (Å²) >= 11 is 0. The van der Waals surface area contributed by atoms with Crippen molar-refractivity contribution in [2.45, 2.75) is 41.2 Å². The summed E-state index contributed by atoms with van der Waals surface area (Å²) in [5, 5.41) is 2.94. The molecule has 0 atom stereocenters. The van der Waals surface area contributed by atoms with Crippen molar-refractivity contribution >= 4 is 17.6 Å². The van der Waals surface area contributed by atoms with Gasteiger partial charge in [0.2, 0.25) is 5.91 Å². The van der Waals surface area contributed by atoms with Crippen LogP contribution in [0.25, 0.3) is 0 Å². The molecule has 0 aliphatic rings. The van der Waals surface area contributed by atoms with Crippen LogP contribution in [0.15, 0.2) is 42.6 Å². The minimum atomic E-state index is -0.244. The average molecular weight is 413 g/mol. The molecular formula is C24H36N4O2. The number of benzene rings is 1. The number of carbonyl (C=O) groups excluding carboxylic acids is 2. The summed E-state index contributed by atoms with van der Waals surface area (Å²) in [5.74, 6) is 0.561. The lowest BCUT2D eigenvalue weighted by Gasteiger charge is -2.30. The molecule has 6 nitrogen and oxygen atoms in total. The third-order valence-corrected chi connectivity index (χ3v) is 4.81. The minimum absolute atomic E-state index is 0.0371. The molecule has 1 N–H and O–H groups in total. The molecule has 0 fully saturated rings. The van der Waals surface area contributed by atoms with Gasteiger partial charge in [0, 0.05) is 37.7 Å². The topological polar surface area (TPSA) is 57.6 Å². The molecule has 0 saturated carbocycles. The second-order valence-corrected chi connectivity index (χ2v) is 8.85. The number of nitrogens with zero attached hydrogens (tertiary/aromatic N) is 3. The second kappa shape index (κ2) is 10.9. The van der Waals surface area contributed by atoms with Gasteiger partial charge in [-0.2, -0.15) is 0 Å². The van der Waals surface area contributed by atoms with Gasteiger partial charge < -0.3 is 19.7 Å². The first-order valence-electron chi connectivity index (χ1n) is 10.7. The van der Waals surface area contributed by atoms with E-state index in [0.29, 0.717) is 25.6 Å². The lowest BCUT2D eigenvalue weighted by Crippen LogP contribution is -2.46. The van der Waals surface area contributed by atoms with Crippen molar-refractivity contribution in [1.29, 1.82) is 0 Å². The van der Waals surface area contributed by atoms with Crippen molar-refractivity contribution in [1.82, 2.24) is 14.4 Å². The Morgan fingerprint density at radius 3 is 2.23 bits per heavy atom. The highest BCUT2D eigenvalue weighted by Crippen LogP contribution is 2.13. The quantitative estimate of drug-likeness (QED) is 0.659. The zero-order valence-corrected chi connectivity index (χ0v) is 19.2. The molecule has 30 heavy (non-hydrogen) atoms. The number of aryl methyl sites for hydroxylation is 2. The van der Waals surface area contributed by atoms with Crippen molar-refractivity contribution in [3.63, 3.8) is 0 Å². The Balaban J connectivity index is 2.13.